The van der Waals surface area contributed by atoms with Crippen molar-refractivity contribution in [1.29, 1.82) is 0 Å². The maximum Gasteiger partial charge on any atom is 0.153 e. The molecule has 0 aliphatic carbocycles. The van der Waals surface area contributed by atoms with Crippen LogP contribution < -0.4 is 0 Å². The number of aromatic amines is 1. The first-order valence-corrected chi connectivity index (χ1v) is 4.84. The second-order valence-electron chi connectivity index (χ2n) is 3.29. The van der Waals surface area contributed by atoms with Gasteiger partial charge in [0, 0.05) is 19.2 Å². The van der Waals surface area contributed by atoms with Gasteiger partial charge in [0.25, 0.3) is 0 Å². The largest absolute Gasteiger partial charge is 0.385 e. The lowest BCUT2D eigenvalue weighted by molar-refractivity contribution is 0.169. The number of hydrogen-bond donors (Lipinski definition) is 2. The highest BCUT2D eigenvalue weighted by atomic mass is 16.3. The van der Waals surface area contributed by atoms with Crippen molar-refractivity contribution in [3.63, 3.8) is 0 Å². The van der Waals surface area contributed by atoms with Crippen molar-refractivity contribution in [3.05, 3.63) is 30.1 Å². The molecular formula is C9H13N5O. The van der Waals surface area contributed by atoms with Crippen LogP contribution in [0.25, 0.3) is 0 Å². The fourth-order valence-electron chi connectivity index (χ4n) is 1.38. The highest BCUT2D eigenvalue weighted by molar-refractivity contribution is 5.07. The summed E-state index contributed by atoms with van der Waals surface area (Å²) in [5.74, 6) is 0.485. The van der Waals surface area contributed by atoms with Crippen molar-refractivity contribution in [3.8, 4) is 0 Å². The third kappa shape index (κ3) is 2.21. The standard InChI is InChI=1S/C9H13N5O/c1-2-14-5-7(4-12-14)3-8(15)9-10-6-11-13-9/h4-6,8,15H,2-3H2,1H3,(H,10,11,13). The normalized spacial score (nSPS) is 12.9. The zero-order chi connectivity index (χ0) is 10.7. The lowest BCUT2D eigenvalue weighted by Crippen LogP contribution is -2.03. The van der Waals surface area contributed by atoms with Crippen molar-refractivity contribution in [2.24, 2.45) is 0 Å². The Hall–Kier alpha value is -1.69. The molecule has 0 fully saturated rings. The Morgan fingerprint density at radius 3 is 3.07 bits per heavy atom. The smallest absolute Gasteiger partial charge is 0.153 e. The molecule has 0 amide bonds. The summed E-state index contributed by atoms with van der Waals surface area (Å²) in [5, 5.41) is 20.2. The zero-order valence-corrected chi connectivity index (χ0v) is 8.46. The molecule has 6 heteroatoms. The quantitative estimate of drug-likeness (QED) is 0.755. The number of hydrogen-bond acceptors (Lipinski definition) is 4. The molecule has 0 saturated heterocycles. The third-order valence-corrected chi connectivity index (χ3v) is 2.19. The van der Waals surface area contributed by atoms with Crippen molar-refractivity contribution in [1.82, 2.24) is 25.0 Å². The lowest BCUT2D eigenvalue weighted by Gasteiger charge is -2.04. The predicted octanol–water partition coefficient (Wildman–Crippen LogP) is 0.297. The molecule has 0 aliphatic heterocycles. The predicted molar refractivity (Wildman–Crippen MR) is 52.9 cm³/mol. The Labute approximate surface area is 87.0 Å². The average molecular weight is 207 g/mol. The highest BCUT2D eigenvalue weighted by Gasteiger charge is 2.12. The average Bonchev–Trinajstić information content (AvgIpc) is 2.87. The number of aryl methyl sites for hydroxylation is 1. The Morgan fingerprint density at radius 2 is 2.47 bits per heavy atom. The first-order chi connectivity index (χ1) is 7.29. The Kier molecular flexibility index (Phi) is 2.77. The van der Waals surface area contributed by atoms with Gasteiger partial charge in [-0.05, 0) is 12.5 Å². The van der Waals surface area contributed by atoms with E-state index in [1.165, 1.54) is 6.33 Å². The van der Waals surface area contributed by atoms with E-state index in [1.54, 1.807) is 6.20 Å². The van der Waals surface area contributed by atoms with E-state index >= 15 is 0 Å². The fourth-order valence-corrected chi connectivity index (χ4v) is 1.38. The van der Waals surface area contributed by atoms with E-state index in [4.69, 9.17) is 0 Å². The molecule has 15 heavy (non-hydrogen) atoms. The van der Waals surface area contributed by atoms with Gasteiger partial charge in [-0.2, -0.15) is 10.2 Å². The molecular weight excluding hydrogens is 194 g/mol. The monoisotopic (exact) mass is 207 g/mol. The van der Waals surface area contributed by atoms with Gasteiger partial charge >= 0.3 is 0 Å². The number of aromatic nitrogens is 5. The summed E-state index contributed by atoms with van der Waals surface area (Å²) >= 11 is 0. The van der Waals surface area contributed by atoms with E-state index in [-0.39, 0.29) is 0 Å². The van der Waals surface area contributed by atoms with Gasteiger partial charge in [0.1, 0.15) is 12.4 Å². The molecule has 0 bridgehead atoms. The zero-order valence-electron chi connectivity index (χ0n) is 8.46. The van der Waals surface area contributed by atoms with Crippen LogP contribution in [0, 0.1) is 0 Å². The number of aliphatic hydroxyl groups is 1. The SMILES string of the molecule is CCn1cc(CC(O)c2ncn[nH]2)cn1. The second kappa shape index (κ2) is 4.22. The molecule has 0 aliphatic rings. The van der Waals surface area contributed by atoms with Crippen LogP contribution in [0.5, 0.6) is 0 Å². The first kappa shape index (κ1) is 9.85. The number of H-pyrrole nitrogens is 1. The van der Waals surface area contributed by atoms with Crippen molar-refractivity contribution < 1.29 is 5.11 Å². The molecule has 2 N–H and O–H groups in total. The van der Waals surface area contributed by atoms with E-state index in [9.17, 15) is 5.11 Å². The van der Waals surface area contributed by atoms with Crippen molar-refractivity contribution >= 4 is 0 Å². The maximum absolute atomic E-state index is 9.77. The van der Waals surface area contributed by atoms with Gasteiger partial charge in [-0.25, -0.2) is 4.98 Å². The summed E-state index contributed by atoms with van der Waals surface area (Å²) in [6.45, 7) is 2.85. The molecule has 2 aromatic rings. The summed E-state index contributed by atoms with van der Waals surface area (Å²) in [7, 11) is 0. The Bertz CT molecular complexity index is 408. The fraction of sp³-hybridized carbons (Fsp3) is 0.444. The molecule has 2 aromatic heterocycles. The van der Waals surface area contributed by atoms with E-state index in [1.807, 2.05) is 17.8 Å². The van der Waals surface area contributed by atoms with Crippen molar-refractivity contribution in [2.75, 3.05) is 0 Å². The van der Waals surface area contributed by atoms with Crippen LogP contribution in [-0.4, -0.2) is 30.1 Å². The van der Waals surface area contributed by atoms with Gasteiger partial charge in [0.2, 0.25) is 0 Å². The van der Waals surface area contributed by atoms with E-state index in [0.29, 0.717) is 12.2 Å². The molecule has 2 rings (SSSR count). The Morgan fingerprint density at radius 1 is 1.60 bits per heavy atom. The van der Waals surface area contributed by atoms with Gasteiger partial charge in [-0.1, -0.05) is 0 Å². The molecule has 0 spiro atoms. The topological polar surface area (TPSA) is 79.6 Å². The Balaban J connectivity index is 2.02. The summed E-state index contributed by atoms with van der Waals surface area (Å²) in [4.78, 5) is 3.90. The van der Waals surface area contributed by atoms with Crippen LogP contribution in [0.15, 0.2) is 18.7 Å². The van der Waals surface area contributed by atoms with Gasteiger partial charge in [0.15, 0.2) is 5.82 Å². The van der Waals surface area contributed by atoms with E-state index in [2.05, 4.69) is 20.3 Å². The van der Waals surface area contributed by atoms with Crippen molar-refractivity contribution in [2.45, 2.75) is 26.0 Å². The number of nitrogens with zero attached hydrogens (tertiary/aromatic N) is 4. The minimum atomic E-state index is -0.651. The minimum absolute atomic E-state index is 0.485. The van der Waals surface area contributed by atoms with Crippen LogP contribution in [0.4, 0.5) is 0 Å². The highest BCUT2D eigenvalue weighted by Crippen LogP contribution is 2.13. The summed E-state index contributed by atoms with van der Waals surface area (Å²) in [5.41, 5.74) is 0.987. The van der Waals surface area contributed by atoms with E-state index < -0.39 is 6.10 Å². The summed E-state index contributed by atoms with van der Waals surface area (Å²) in [6.07, 6.45) is 4.90. The molecule has 6 nitrogen and oxygen atoms in total. The third-order valence-electron chi connectivity index (χ3n) is 2.19. The van der Waals surface area contributed by atoms with Crippen LogP contribution in [0.3, 0.4) is 0 Å². The number of nitrogens with one attached hydrogen (secondary N) is 1. The number of aliphatic hydroxyl groups excluding tert-OH is 1. The van der Waals surface area contributed by atoms with Crippen LogP contribution in [-0.2, 0) is 13.0 Å². The van der Waals surface area contributed by atoms with Gasteiger partial charge < -0.3 is 5.11 Å². The van der Waals surface area contributed by atoms with Crippen LogP contribution >= 0.6 is 0 Å². The molecule has 1 atom stereocenters. The summed E-state index contributed by atoms with van der Waals surface area (Å²) < 4.78 is 1.82. The minimum Gasteiger partial charge on any atom is -0.385 e. The first-order valence-electron chi connectivity index (χ1n) is 4.84. The van der Waals surface area contributed by atoms with Gasteiger partial charge in [-0.15, -0.1) is 0 Å². The van der Waals surface area contributed by atoms with Crippen LogP contribution in [0.1, 0.15) is 24.4 Å². The van der Waals surface area contributed by atoms with Gasteiger partial charge in [0.05, 0.1) is 6.20 Å². The second-order valence-corrected chi connectivity index (χ2v) is 3.29. The molecule has 80 valence electrons. The molecule has 1 unspecified atom stereocenters. The lowest BCUT2D eigenvalue weighted by atomic mass is 10.1. The van der Waals surface area contributed by atoms with Gasteiger partial charge in [-0.3, -0.25) is 9.78 Å². The van der Waals surface area contributed by atoms with Crippen LogP contribution in [0.2, 0.25) is 0 Å². The summed E-state index contributed by atoms with van der Waals surface area (Å²) in [6, 6.07) is 0. The molecule has 0 radical (unpaired) electrons. The maximum atomic E-state index is 9.77. The molecule has 2 heterocycles. The van der Waals surface area contributed by atoms with E-state index in [0.717, 1.165) is 12.1 Å². The molecule has 0 saturated carbocycles. The molecule has 0 aromatic carbocycles. The number of rotatable bonds is 4.